The third-order valence-electron chi connectivity index (χ3n) is 1.72. The molecule has 5 heteroatoms. The standard InChI is InChI=1S/C10H7ClN2O2/c11-8-9(14)12-6-13-10(8)15-7-4-2-1-3-5-7/h1-6H,(H,12,13,14). The van der Waals surface area contributed by atoms with E-state index < -0.39 is 5.56 Å². The van der Waals surface area contributed by atoms with Crippen molar-refractivity contribution < 1.29 is 4.74 Å². The SMILES string of the molecule is O=c1[nH]cnc(Oc2ccccc2)c1Cl. The molecule has 76 valence electrons. The first-order valence-electron chi connectivity index (χ1n) is 4.23. The third kappa shape index (κ3) is 2.16. The van der Waals surface area contributed by atoms with E-state index >= 15 is 0 Å². The molecular weight excluding hydrogens is 216 g/mol. The molecule has 0 radical (unpaired) electrons. The van der Waals surface area contributed by atoms with Gasteiger partial charge in [-0.25, -0.2) is 4.98 Å². The van der Waals surface area contributed by atoms with Crippen molar-refractivity contribution in [3.8, 4) is 11.6 Å². The van der Waals surface area contributed by atoms with Gasteiger partial charge in [0.25, 0.3) is 5.56 Å². The number of benzene rings is 1. The molecule has 0 atom stereocenters. The van der Waals surface area contributed by atoms with E-state index in [-0.39, 0.29) is 10.9 Å². The van der Waals surface area contributed by atoms with E-state index in [4.69, 9.17) is 16.3 Å². The number of nitrogens with one attached hydrogen (secondary N) is 1. The summed E-state index contributed by atoms with van der Waals surface area (Å²) in [4.78, 5) is 17.3. The lowest BCUT2D eigenvalue weighted by molar-refractivity contribution is 0.461. The Hall–Kier alpha value is -1.81. The molecule has 1 aromatic heterocycles. The van der Waals surface area contributed by atoms with E-state index in [0.29, 0.717) is 5.75 Å². The minimum Gasteiger partial charge on any atom is -0.437 e. The molecule has 0 bridgehead atoms. The molecule has 0 amide bonds. The van der Waals surface area contributed by atoms with Crippen LogP contribution in [0.3, 0.4) is 0 Å². The van der Waals surface area contributed by atoms with Crippen LogP contribution >= 0.6 is 11.6 Å². The molecule has 4 nitrogen and oxygen atoms in total. The molecule has 2 rings (SSSR count). The van der Waals surface area contributed by atoms with Crippen LogP contribution in [-0.2, 0) is 0 Å². The van der Waals surface area contributed by atoms with Crippen molar-refractivity contribution in [3.05, 3.63) is 52.0 Å². The molecule has 1 heterocycles. The number of nitrogens with zero attached hydrogens (tertiary/aromatic N) is 1. The van der Waals surface area contributed by atoms with Gasteiger partial charge in [-0.1, -0.05) is 29.8 Å². The molecule has 0 spiro atoms. The Morgan fingerprint density at radius 2 is 2.00 bits per heavy atom. The van der Waals surface area contributed by atoms with Gasteiger partial charge in [-0.05, 0) is 12.1 Å². The minimum absolute atomic E-state index is 0.0543. The molecule has 0 unspecified atom stereocenters. The second kappa shape index (κ2) is 4.14. The summed E-state index contributed by atoms with van der Waals surface area (Å²) in [7, 11) is 0. The highest BCUT2D eigenvalue weighted by molar-refractivity contribution is 6.31. The van der Waals surface area contributed by atoms with E-state index in [9.17, 15) is 4.79 Å². The monoisotopic (exact) mass is 222 g/mol. The number of hydrogen-bond acceptors (Lipinski definition) is 3. The van der Waals surface area contributed by atoms with Crippen molar-refractivity contribution in [2.75, 3.05) is 0 Å². The number of rotatable bonds is 2. The zero-order valence-electron chi connectivity index (χ0n) is 7.61. The molecule has 2 aromatic rings. The Balaban J connectivity index is 2.33. The molecule has 0 saturated carbocycles. The Morgan fingerprint density at radius 1 is 1.27 bits per heavy atom. The van der Waals surface area contributed by atoms with Gasteiger partial charge in [-0.15, -0.1) is 0 Å². The van der Waals surface area contributed by atoms with Crippen LogP contribution in [0.1, 0.15) is 0 Å². The van der Waals surface area contributed by atoms with Crippen LogP contribution in [0.25, 0.3) is 0 Å². The van der Waals surface area contributed by atoms with Gasteiger partial charge in [0.2, 0.25) is 5.88 Å². The second-order valence-electron chi connectivity index (χ2n) is 2.77. The third-order valence-corrected chi connectivity index (χ3v) is 2.06. The highest BCUT2D eigenvalue weighted by Gasteiger charge is 2.07. The molecular formula is C10H7ClN2O2. The quantitative estimate of drug-likeness (QED) is 0.848. The predicted molar refractivity (Wildman–Crippen MR) is 56.4 cm³/mol. The van der Waals surface area contributed by atoms with E-state index in [1.54, 1.807) is 12.1 Å². The molecule has 15 heavy (non-hydrogen) atoms. The van der Waals surface area contributed by atoms with E-state index in [1.165, 1.54) is 6.33 Å². The average Bonchev–Trinajstić information content (AvgIpc) is 2.26. The van der Waals surface area contributed by atoms with Crippen molar-refractivity contribution in [1.82, 2.24) is 9.97 Å². The van der Waals surface area contributed by atoms with Gasteiger partial charge in [0.15, 0.2) is 5.02 Å². The first kappa shape index (κ1) is 9.73. The topological polar surface area (TPSA) is 55.0 Å². The van der Waals surface area contributed by atoms with E-state index in [2.05, 4.69) is 9.97 Å². The van der Waals surface area contributed by atoms with Crippen LogP contribution in [-0.4, -0.2) is 9.97 Å². The lowest BCUT2D eigenvalue weighted by atomic mass is 10.3. The van der Waals surface area contributed by atoms with Crippen molar-refractivity contribution in [1.29, 1.82) is 0 Å². The Labute approximate surface area is 90.5 Å². The fourth-order valence-electron chi connectivity index (χ4n) is 1.04. The molecule has 0 aliphatic heterocycles. The Morgan fingerprint density at radius 3 is 2.73 bits per heavy atom. The number of para-hydroxylation sites is 1. The summed E-state index contributed by atoms with van der Waals surface area (Å²) in [6.07, 6.45) is 1.24. The fraction of sp³-hybridized carbons (Fsp3) is 0. The zero-order valence-corrected chi connectivity index (χ0v) is 8.36. The zero-order chi connectivity index (χ0) is 10.7. The van der Waals surface area contributed by atoms with Gasteiger partial charge in [0.1, 0.15) is 5.75 Å². The summed E-state index contributed by atoms with van der Waals surface area (Å²) in [5.74, 6) is 0.684. The molecule has 0 aliphatic rings. The van der Waals surface area contributed by atoms with Gasteiger partial charge >= 0.3 is 0 Å². The minimum atomic E-state index is -0.419. The number of H-pyrrole nitrogens is 1. The summed E-state index contributed by atoms with van der Waals surface area (Å²) < 4.78 is 5.33. The largest absolute Gasteiger partial charge is 0.437 e. The van der Waals surface area contributed by atoms with E-state index in [1.807, 2.05) is 18.2 Å². The number of aromatic nitrogens is 2. The van der Waals surface area contributed by atoms with Gasteiger partial charge < -0.3 is 9.72 Å². The molecule has 0 saturated heterocycles. The maximum Gasteiger partial charge on any atom is 0.273 e. The van der Waals surface area contributed by atoms with Crippen LogP contribution in [0, 0.1) is 0 Å². The number of halogens is 1. The summed E-state index contributed by atoms with van der Waals surface area (Å²) in [5, 5.41) is -0.0543. The normalized spacial score (nSPS) is 9.93. The van der Waals surface area contributed by atoms with Gasteiger partial charge in [0.05, 0.1) is 6.33 Å². The smallest absolute Gasteiger partial charge is 0.273 e. The maximum absolute atomic E-state index is 11.1. The van der Waals surface area contributed by atoms with Crippen LogP contribution < -0.4 is 10.3 Å². The molecule has 1 aromatic carbocycles. The first-order valence-corrected chi connectivity index (χ1v) is 4.61. The number of ether oxygens (including phenoxy) is 1. The van der Waals surface area contributed by atoms with Crippen LogP contribution in [0.5, 0.6) is 11.6 Å². The summed E-state index contributed by atoms with van der Waals surface area (Å²) in [6, 6.07) is 8.99. The Kier molecular flexibility index (Phi) is 2.69. The van der Waals surface area contributed by atoms with Crippen LogP contribution in [0.15, 0.2) is 41.5 Å². The number of aromatic amines is 1. The predicted octanol–water partition coefficient (Wildman–Crippen LogP) is 2.22. The van der Waals surface area contributed by atoms with Crippen LogP contribution in [0.2, 0.25) is 5.02 Å². The molecule has 0 aliphatic carbocycles. The van der Waals surface area contributed by atoms with Gasteiger partial charge in [-0.2, -0.15) is 0 Å². The lowest BCUT2D eigenvalue weighted by Gasteiger charge is -2.04. The highest BCUT2D eigenvalue weighted by atomic mass is 35.5. The van der Waals surface area contributed by atoms with Crippen LogP contribution in [0.4, 0.5) is 0 Å². The average molecular weight is 223 g/mol. The summed E-state index contributed by atoms with van der Waals surface area (Å²) in [5.41, 5.74) is -0.419. The van der Waals surface area contributed by atoms with Crippen molar-refractivity contribution in [2.24, 2.45) is 0 Å². The lowest BCUT2D eigenvalue weighted by Crippen LogP contribution is -2.07. The van der Waals surface area contributed by atoms with E-state index in [0.717, 1.165) is 0 Å². The Bertz CT molecular complexity index is 510. The van der Waals surface area contributed by atoms with Gasteiger partial charge in [0, 0.05) is 0 Å². The molecule has 1 N–H and O–H groups in total. The first-order chi connectivity index (χ1) is 7.27. The summed E-state index contributed by atoms with van der Waals surface area (Å²) >= 11 is 5.71. The fourth-order valence-corrected chi connectivity index (χ4v) is 1.18. The van der Waals surface area contributed by atoms with Gasteiger partial charge in [-0.3, -0.25) is 4.79 Å². The molecule has 0 fully saturated rings. The van der Waals surface area contributed by atoms with Crippen molar-refractivity contribution in [2.45, 2.75) is 0 Å². The summed E-state index contributed by atoms with van der Waals surface area (Å²) in [6.45, 7) is 0. The van der Waals surface area contributed by atoms with Crippen molar-refractivity contribution in [3.63, 3.8) is 0 Å². The second-order valence-corrected chi connectivity index (χ2v) is 3.14. The number of hydrogen-bond donors (Lipinski definition) is 1. The van der Waals surface area contributed by atoms with Crippen molar-refractivity contribution >= 4 is 11.6 Å². The highest BCUT2D eigenvalue weighted by Crippen LogP contribution is 2.22. The maximum atomic E-state index is 11.1.